The number of carbonyl (C=O) groups is 1. The highest BCUT2D eigenvalue weighted by molar-refractivity contribution is 6.30. The number of benzene rings is 2. The lowest BCUT2D eigenvalue weighted by Crippen LogP contribution is -2.48. The second-order valence-electron chi connectivity index (χ2n) is 6.76. The molecule has 1 fully saturated rings. The van der Waals surface area contributed by atoms with E-state index in [1.54, 1.807) is 19.1 Å². The molecule has 2 aromatic carbocycles. The number of nitrogens with zero attached hydrogens (tertiary/aromatic N) is 1. The molecule has 1 N–H and O–H groups in total. The van der Waals surface area contributed by atoms with E-state index in [0.717, 1.165) is 17.7 Å². The maximum absolute atomic E-state index is 13.2. The summed E-state index contributed by atoms with van der Waals surface area (Å²) in [5.74, 6) is -0.935. The SMILES string of the molecule is CC(C(=O)Nc1ccc(Cl)cc1C(F)(F)F)N1CCOC(c2ccc(F)cc2)C1. The van der Waals surface area contributed by atoms with E-state index < -0.39 is 23.7 Å². The summed E-state index contributed by atoms with van der Waals surface area (Å²) in [6.07, 6.45) is -5.01. The first-order valence-electron chi connectivity index (χ1n) is 8.94. The van der Waals surface area contributed by atoms with Crippen molar-refractivity contribution in [2.24, 2.45) is 0 Å². The number of halogens is 5. The van der Waals surface area contributed by atoms with Gasteiger partial charge in [0.25, 0.3) is 0 Å². The minimum Gasteiger partial charge on any atom is -0.371 e. The van der Waals surface area contributed by atoms with Gasteiger partial charge in [0.1, 0.15) is 5.82 Å². The molecule has 156 valence electrons. The Morgan fingerprint density at radius 3 is 2.59 bits per heavy atom. The molecule has 1 aliphatic rings. The lowest BCUT2D eigenvalue weighted by atomic mass is 10.1. The molecule has 0 aliphatic carbocycles. The van der Waals surface area contributed by atoms with Gasteiger partial charge in [-0.15, -0.1) is 0 Å². The molecular weight excluding hydrogens is 412 g/mol. The highest BCUT2D eigenvalue weighted by atomic mass is 35.5. The summed E-state index contributed by atoms with van der Waals surface area (Å²) >= 11 is 5.67. The fourth-order valence-electron chi connectivity index (χ4n) is 3.16. The number of amides is 1. The number of rotatable bonds is 4. The topological polar surface area (TPSA) is 41.6 Å². The summed E-state index contributed by atoms with van der Waals surface area (Å²) < 4.78 is 58.5. The van der Waals surface area contributed by atoms with Crippen molar-refractivity contribution >= 4 is 23.2 Å². The van der Waals surface area contributed by atoms with Crippen LogP contribution in [0.4, 0.5) is 23.2 Å². The Bertz CT molecular complexity index is 874. The highest BCUT2D eigenvalue weighted by Crippen LogP contribution is 2.36. The van der Waals surface area contributed by atoms with Crippen molar-refractivity contribution in [1.29, 1.82) is 0 Å². The van der Waals surface area contributed by atoms with Crippen LogP contribution in [0.15, 0.2) is 42.5 Å². The van der Waals surface area contributed by atoms with Crippen molar-refractivity contribution in [3.63, 3.8) is 0 Å². The maximum atomic E-state index is 13.2. The second kappa shape index (κ2) is 8.69. The van der Waals surface area contributed by atoms with Gasteiger partial charge in [0.05, 0.1) is 30.0 Å². The first kappa shape index (κ1) is 21.5. The van der Waals surface area contributed by atoms with Crippen molar-refractivity contribution in [3.05, 3.63) is 64.4 Å². The molecule has 0 bridgehead atoms. The van der Waals surface area contributed by atoms with Gasteiger partial charge in [-0.05, 0) is 42.8 Å². The van der Waals surface area contributed by atoms with Crippen LogP contribution in [0.5, 0.6) is 0 Å². The smallest absolute Gasteiger partial charge is 0.371 e. The van der Waals surface area contributed by atoms with Gasteiger partial charge in [0.2, 0.25) is 5.91 Å². The van der Waals surface area contributed by atoms with E-state index >= 15 is 0 Å². The number of anilines is 1. The van der Waals surface area contributed by atoms with E-state index in [4.69, 9.17) is 16.3 Å². The van der Waals surface area contributed by atoms with Crippen LogP contribution >= 0.6 is 11.6 Å². The van der Waals surface area contributed by atoms with E-state index in [2.05, 4.69) is 5.32 Å². The van der Waals surface area contributed by atoms with Crippen LogP contribution in [0.25, 0.3) is 0 Å². The van der Waals surface area contributed by atoms with Crippen LogP contribution < -0.4 is 5.32 Å². The van der Waals surface area contributed by atoms with Gasteiger partial charge in [-0.1, -0.05) is 23.7 Å². The predicted octanol–water partition coefficient (Wildman–Crippen LogP) is 4.90. The zero-order valence-corrected chi connectivity index (χ0v) is 16.2. The third-order valence-electron chi connectivity index (χ3n) is 4.81. The molecule has 2 atom stereocenters. The predicted molar refractivity (Wildman–Crippen MR) is 101 cm³/mol. The largest absolute Gasteiger partial charge is 0.418 e. The van der Waals surface area contributed by atoms with E-state index in [1.807, 2.05) is 4.90 Å². The van der Waals surface area contributed by atoms with E-state index in [1.165, 1.54) is 18.2 Å². The summed E-state index contributed by atoms with van der Waals surface area (Å²) in [5, 5.41) is 2.28. The molecule has 1 aliphatic heterocycles. The summed E-state index contributed by atoms with van der Waals surface area (Å²) in [5.41, 5.74) is -0.584. The van der Waals surface area contributed by atoms with Crippen molar-refractivity contribution in [2.75, 3.05) is 25.0 Å². The second-order valence-corrected chi connectivity index (χ2v) is 7.20. The normalized spacial score (nSPS) is 19.0. The summed E-state index contributed by atoms with van der Waals surface area (Å²) in [4.78, 5) is 14.4. The first-order valence-corrected chi connectivity index (χ1v) is 9.31. The van der Waals surface area contributed by atoms with Crippen LogP contribution in [0.2, 0.25) is 5.02 Å². The fraction of sp³-hybridized carbons (Fsp3) is 0.350. The average Bonchev–Trinajstić information content (AvgIpc) is 2.68. The minimum atomic E-state index is -4.65. The summed E-state index contributed by atoms with van der Waals surface area (Å²) in [6, 6.07) is 8.38. The van der Waals surface area contributed by atoms with Gasteiger partial charge in [0, 0.05) is 18.1 Å². The first-order chi connectivity index (χ1) is 13.6. The molecule has 1 heterocycles. The average molecular weight is 431 g/mol. The van der Waals surface area contributed by atoms with Crippen molar-refractivity contribution < 1.29 is 27.1 Å². The Morgan fingerprint density at radius 2 is 1.93 bits per heavy atom. The van der Waals surface area contributed by atoms with Gasteiger partial charge in [-0.25, -0.2) is 4.39 Å². The number of hydrogen-bond acceptors (Lipinski definition) is 3. The highest BCUT2D eigenvalue weighted by Gasteiger charge is 2.35. The standard InChI is InChI=1S/C20H19ClF4N2O2/c1-12(19(28)26-17-7-4-14(21)10-16(17)20(23,24)25)27-8-9-29-18(11-27)13-2-5-15(22)6-3-13/h2-7,10,12,18H,8-9,11H2,1H3,(H,26,28). The zero-order valence-electron chi connectivity index (χ0n) is 15.5. The minimum absolute atomic E-state index is 0.0707. The van der Waals surface area contributed by atoms with E-state index in [0.29, 0.717) is 19.7 Å². The number of hydrogen-bond donors (Lipinski definition) is 1. The number of nitrogens with one attached hydrogen (secondary N) is 1. The van der Waals surface area contributed by atoms with Crippen LogP contribution in [0.3, 0.4) is 0 Å². The Labute approximate surface area is 170 Å². The molecule has 29 heavy (non-hydrogen) atoms. The molecule has 0 spiro atoms. The molecule has 9 heteroatoms. The van der Waals surface area contributed by atoms with Crippen LogP contribution in [0, 0.1) is 5.82 Å². The molecule has 1 saturated heterocycles. The summed E-state index contributed by atoms with van der Waals surface area (Å²) in [6.45, 7) is 2.76. The molecule has 1 amide bonds. The van der Waals surface area contributed by atoms with Crippen molar-refractivity contribution in [1.82, 2.24) is 4.90 Å². The number of alkyl halides is 3. The number of ether oxygens (including phenoxy) is 1. The fourth-order valence-corrected chi connectivity index (χ4v) is 3.34. The zero-order chi connectivity index (χ0) is 21.2. The van der Waals surface area contributed by atoms with Gasteiger partial charge in [-0.3, -0.25) is 9.69 Å². The molecular formula is C20H19ClF4N2O2. The monoisotopic (exact) mass is 430 g/mol. The number of morpholine rings is 1. The van der Waals surface area contributed by atoms with Gasteiger partial charge < -0.3 is 10.1 Å². The molecule has 0 saturated carbocycles. The van der Waals surface area contributed by atoms with Crippen LogP contribution in [-0.2, 0) is 15.7 Å². The molecule has 0 aromatic heterocycles. The van der Waals surface area contributed by atoms with Gasteiger partial charge in [-0.2, -0.15) is 13.2 Å². The van der Waals surface area contributed by atoms with Crippen molar-refractivity contribution in [3.8, 4) is 0 Å². The van der Waals surface area contributed by atoms with E-state index in [9.17, 15) is 22.4 Å². The maximum Gasteiger partial charge on any atom is 0.418 e. The molecule has 3 rings (SSSR count). The Balaban J connectivity index is 1.71. The third kappa shape index (κ3) is 5.26. The number of carbonyl (C=O) groups excluding carboxylic acids is 1. The van der Waals surface area contributed by atoms with Gasteiger partial charge in [0.15, 0.2) is 0 Å². The molecule has 0 radical (unpaired) electrons. The van der Waals surface area contributed by atoms with Crippen LogP contribution in [0.1, 0.15) is 24.2 Å². The van der Waals surface area contributed by atoms with Gasteiger partial charge >= 0.3 is 6.18 Å². The van der Waals surface area contributed by atoms with E-state index in [-0.39, 0.29) is 22.6 Å². The quantitative estimate of drug-likeness (QED) is 0.702. The van der Waals surface area contributed by atoms with Crippen LogP contribution in [-0.4, -0.2) is 36.5 Å². The molecule has 2 aromatic rings. The lowest BCUT2D eigenvalue weighted by Gasteiger charge is -2.36. The Hall–Kier alpha value is -2.16. The summed E-state index contributed by atoms with van der Waals surface area (Å²) in [7, 11) is 0. The molecule has 2 unspecified atom stereocenters. The Kier molecular flexibility index (Phi) is 6.45. The lowest BCUT2D eigenvalue weighted by molar-refractivity contribution is -0.137. The van der Waals surface area contributed by atoms with Crippen molar-refractivity contribution in [2.45, 2.75) is 25.2 Å². The Morgan fingerprint density at radius 1 is 1.24 bits per heavy atom. The third-order valence-corrected chi connectivity index (χ3v) is 5.05. The molecule has 4 nitrogen and oxygen atoms in total.